The topological polar surface area (TPSA) is 76.9 Å². The summed E-state index contributed by atoms with van der Waals surface area (Å²) in [6, 6.07) is 6.89. The van der Waals surface area contributed by atoms with Gasteiger partial charge in [-0.15, -0.1) is 0 Å². The number of hydrogen-bond donors (Lipinski definition) is 1. The molecule has 0 bridgehead atoms. The summed E-state index contributed by atoms with van der Waals surface area (Å²) in [5.41, 5.74) is 6.54. The zero-order chi connectivity index (χ0) is 13.3. The zero-order valence-corrected chi connectivity index (χ0v) is 11.7. The Bertz CT molecular complexity index is 616. The second kappa shape index (κ2) is 4.96. The molecule has 1 heterocycles. The normalized spacial score (nSPS) is 14.2. The summed E-state index contributed by atoms with van der Waals surface area (Å²) < 4.78 is 7.98. The molecular formula is C12H13BrN4O. The van der Waals surface area contributed by atoms with Crippen molar-refractivity contribution in [3.05, 3.63) is 22.7 Å². The van der Waals surface area contributed by atoms with Crippen LogP contribution in [0.5, 0.6) is 5.88 Å². The van der Waals surface area contributed by atoms with E-state index in [9.17, 15) is 0 Å². The number of ether oxygens (including phenoxy) is 1. The van der Waals surface area contributed by atoms with Crippen LogP contribution in [-0.4, -0.2) is 22.9 Å². The molecule has 2 N–H and O–H groups in total. The minimum Gasteiger partial charge on any atom is -0.481 e. The van der Waals surface area contributed by atoms with Crippen LogP contribution in [0.4, 0.5) is 0 Å². The number of benzene rings is 1. The molecule has 6 heteroatoms. The van der Waals surface area contributed by atoms with E-state index in [1.165, 1.54) is 0 Å². The predicted octanol–water partition coefficient (Wildman–Crippen LogP) is 2.22. The Hall–Kier alpha value is -1.58. The zero-order valence-electron chi connectivity index (χ0n) is 10.1. The van der Waals surface area contributed by atoms with Crippen molar-refractivity contribution < 1.29 is 4.74 Å². The van der Waals surface area contributed by atoms with Crippen LogP contribution >= 0.6 is 15.9 Å². The Morgan fingerprint density at radius 1 is 1.56 bits per heavy atom. The fourth-order valence-corrected chi connectivity index (χ4v) is 2.14. The molecule has 0 fully saturated rings. The maximum Gasteiger partial charge on any atom is 0.219 e. The lowest BCUT2D eigenvalue weighted by Crippen LogP contribution is -2.29. The number of halogens is 1. The highest BCUT2D eigenvalue weighted by Gasteiger charge is 2.21. The van der Waals surface area contributed by atoms with E-state index < -0.39 is 6.04 Å². The Morgan fingerprint density at radius 2 is 2.28 bits per heavy atom. The number of nitrogens with two attached hydrogens (primary N) is 1. The molecule has 0 spiro atoms. The number of methoxy groups -OCH3 is 1. The summed E-state index contributed by atoms with van der Waals surface area (Å²) >= 11 is 3.40. The van der Waals surface area contributed by atoms with E-state index in [4.69, 9.17) is 15.7 Å². The van der Waals surface area contributed by atoms with Gasteiger partial charge in [-0.3, -0.25) is 0 Å². The summed E-state index contributed by atoms with van der Waals surface area (Å²) in [4.78, 5) is 0. The largest absolute Gasteiger partial charge is 0.481 e. The van der Waals surface area contributed by atoms with Gasteiger partial charge >= 0.3 is 0 Å². The summed E-state index contributed by atoms with van der Waals surface area (Å²) in [6.07, 6.45) is 0. The lowest BCUT2D eigenvalue weighted by molar-refractivity contribution is 0.333. The van der Waals surface area contributed by atoms with Crippen molar-refractivity contribution in [2.75, 3.05) is 7.11 Å². The molecule has 0 aliphatic rings. The number of hydrogen-bond acceptors (Lipinski definition) is 4. The van der Waals surface area contributed by atoms with Crippen molar-refractivity contribution in [1.82, 2.24) is 9.78 Å². The molecule has 2 rings (SSSR count). The van der Waals surface area contributed by atoms with Crippen LogP contribution < -0.4 is 10.5 Å². The predicted molar refractivity (Wildman–Crippen MR) is 72.3 cm³/mol. The van der Waals surface area contributed by atoms with Crippen molar-refractivity contribution in [3.63, 3.8) is 0 Å². The third-order valence-electron chi connectivity index (χ3n) is 2.86. The van der Waals surface area contributed by atoms with Gasteiger partial charge in [-0.1, -0.05) is 15.9 Å². The molecule has 1 aromatic carbocycles. The molecule has 2 aromatic rings. The minimum atomic E-state index is -0.628. The van der Waals surface area contributed by atoms with Gasteiger partial charge in [0, 0.05) is 4.47 Å². The fraction of sp³-hybridized carbons (Fsp3) is 0.333. The number of nitriles is 1. The average molecular weight is 309 g/mol. The number of rotatable bonds is 3. The first-order chi connectivity index (χ1) is 8.58. The van der Waals surface area contributed by atoms with Crippen molar-refractivity contribution in [3.8, 4) is 11.9 Å². The first-order valence-corrected chi connectivity index (χ1v) is 6.24. The first kappa shape index (κ1) is 12.9. The van der Waals surface area contributed by atoms with Gasteiger partial charge in [0.05, 0.1) is 30.1 Å². The molecule has 0 saturated heterocycles. The highest BCUT2D eigenvalue weighted by atomic mass is 79.9. The SMILES string of the molecule is COc1c2ccc(Br)cc2nn1C(C)C(N)C#N. The van der Waals surface area contributed by atoms with Gasteiger partial charge in [-0.05, 0) is 25.1 Å². The molecule has 94 valence electrons. The molecule has 2 atom stereocenters. The summed E-state index contributed by atoms with van der Waals surface area (Å²) in [5.74, 6) is 0.621. The molecule has 0 aliphatic carbocycles. The molecule has 0 radical (unpaired) electrons. The Balaban J connectivity index is 2.61. The van der Waals surface area contributed by atoms with Crippen molar-refractivity contribution in [1.29, 1.82) is 5.26 Å². The molecule has 18 heavy (non-hydrogen) atoms. The second-order valence-electron chi connectivity index (χ2n) is 4.01. The van der Waals surface area contributed by atoms with Crippen LogP contribution in [-0.2, 0) is 0 Å². The Kier molecular flexibility index (Phi) is 3.55. The monoisotopic (exact) mass is 308 g/mol. The number of aromatic nitrogens is 2. The number of fused-ring (bicyclic) bond motifs is 1. The Morgan fingerprint density at radius 3 is 2.89 bits per heavy atom. The van der Waals surface area contributed by atoms with Gasteiger partial charge in [-0.25, -0.2) is 4.68 Å². The smallest absolute Gasteiger partial charge is 0.219 e. The molecule has 0 saturated carbocycles. The van der Waals surface area contributed by atoms with Crippen LogP contribution in [0.3, 0.4) is 0 Å². The lowest BCUT2D eigenvalue weighted by Gasteiger charge is -2.16. The third kappa shape index (κ3) is 2.07. The van der Waals surface area contributed by atoms with Crippen LogP contribution in [0.1, 0.15) is 13.0 Å². The van der Waals surface area contributed by atoms with Crippen LogP contribution in [0.25, 0.3) is 10.9 Å². The molecule has 1 aromatic heterocycles. The second-order valence-corrected chi connectivity index (χ2v) is 4.93. The van der Waals surface area contributed by atoms with Crippen molar-refractivity contribution >= 4 is 26.8 Å². The fourth-order valence-electron chi connectivity index (χ4n) is 1.79. The first-order valence-electron chi connectivity index (χ1n) is 5.45. The molecular weight excluding hydrogens is 296 g/mol. The van der Waals surface area contributed by atoms with Gasteiger partial charge < -0.3 is 10.5 Å². The van der Waals surface area contributed by atoms with Crippen LogP contribution in [0.15, 0.2) is 22.7 Å². The molecule has 0 amide bonds. The van der Waals surface area contributed by atoms with Crippen LogP contribution in [0.2, 0.25) is 0 Å². The third-order valence-corrected chi connectivity index (χ3v) is 3.35. The van der Waals surface area contributed by atoms with Crippen molar-refractivity contribution in [2.45, 2.75) is 19.0 Å². The van der Waals surface area contributed by atoms with E-state index in [-0.39, 0.29) is 6.04 Å². The van der Waals surface area contributed by atoms with Gasteiger partial charge in [-0.2, -0.15) is 10.4 Å². The summed E-state index contributed by atoms with van der Waals surface area (Å²) in [7, 11) is 1.58. The number of nitrogens with zero attached hydrogens (tertiary/aromatic N) is 3. The van der Waals surface area contributed by atoms with Gasteiger partial charge in [0.1, 0.15) is 6.04 Å². The van der Waals surface area contributed by atoms with Gasteiger partial charge in [0.15, 0.2) is 0 Å². The average Bonchev–Trinajstić information content (AvgIpc) is 2.74. The highest BCUT2D eigenvalue weighted by molar-refractivity contribution is 9.10. The van der Waals surface area contributed by atoms with E-state index in [1.807, 2.05) is 31.2 Å². The maximum absolute atomic E-state index is 8.88. The van der Waals surface area contributed by atoms with E-state index in [0.717, 1.165) is 15.4 Å². The molecule has 5 nitrogen and oxygen atoms in total. The van der Waals surface area contributed by atoms with E-state index in [1.54, 1.807) is 11.8 Å². The quantitative estimate of drug-likeness (QED) is 0.943. The Labute approximate surface area is 113 Å². The van der Waals surface area contributed by atoms with E-state index in [2.05, 4.69) is 21.0 Å². The van der Waals surface area contributed by atoms with E-state index >= 15 is 0 Å². The summed E-state index contributed by atoms with van der Waals surface area (Å²) in [5, 5.41) is 14.2. The molecule has 0 aliphatic heterocycles. The minimum absolute atomic E-state index is 0.254. The lowest BCUT2D eigenvalue weighted by atomic mass is 10.2. The molecule has 2 unspecified atom stereocenters. The van der Waals surface area contributed by atoms with Gasteiger partial charge in [0.25, 0.3) is 0 Å². The highest BCUT2D eigenvalue weighted by Crippen LogP contribution is 2.30. The van der Waals surface area contributed by atoms with Crippen LogP contribution in [0, 0.1) is 11.3 Å². The maximum atomic E-state index is 8.88. The van der Waals surface area contributed by atoms with E-state index in [0.29, 0.717) is 5.88 Å². The van der Waals surface area contributed by atoms with Crippen molar-refractivity contribution in [2.24, 2.45) is 5.73 Å². The standard InChI is InChI=1S/C12H13BrN4O/c1-7(10(15)6-14)17-12(18-2)9-4-3-8(13)5-11(9)16-17/h3-5,7,10H,15H2,1-2H3. The van der Waals surface area contributed by atoms with Gasteiger partial charge in [0.2, 0.25) is 5.88 Å². The summed E-state index contributed by atoms with van der Waals surface area (Å²) in [6.45, 7) is 1.84.